The van der Waals surface area contributed by atoms with Crippen molar-refractivity contribution in [1.82, 2.24) is 15.1 Å². The normalized spacial score (nSPS) is 10.9. The van der Waals surface area contributed by atoms with E-state index in [4.69, 9.17) is 5.73 Å². The molecule has 0 saturated carbocycles. The average Bonchev–Trinajstić information content (AvgIpc) is 2.60. The molecule has 1 aromatic rings. The molecule has 0 atom stereocenters. The van der Waals surface area contributed by atoms with E-state index in [1.165, 1.54) is 0 Å². The van der Waals surface area contributed by atoms with Crippen LogP contribution >= 0.6 is 0 Å². The predicted molar refractivity (Wildman–Crippen MR) is 58.1 cm³/mol. The number of carbonyl (C=O) groups is 1. The van der Waals surface area contributed by atoms with Crippen LogP contribution in [0.15, 0.2) is 12.3 Å². The Bertz CT molecular complexity index is 319. The molecule has 0 aliphatic heterocycles. The Morgan fingerprint density at radius 3 is 2.93 bits per heavy atom. The van der Waals surface area contributed by atoms with Crippen LogP contribution in [0, 0.1) is 0 Å². The predicted octanol–water partition coefficient (Wildman–Crippen LogP) is 0.429. The van der Waals surface area contributed by atoms with Crippen molar-refractivity contribution in [3.8, 4) is 0 Å². The summed E-state index contributed by atoms with van der Waals surface area (Å²) in [5, 5.41) is 7.47. The Kier molecular flexibility index (Phi) is 4.30. The molecule has 0 aliphatic carbocycles. The number of rotatable bonds is 6. The molecule has 1 rings (SSSR count). The van der Waals surface area contributed by atoms with Crippen LogP contribution < -0.4 is 11.1 Å². The Morgan fingerprint density at radius 1 is 1.67 bits per heavy atom. The second-order valence-electron chi connectivity index (χ2n) is 3.77. The van der Waals surface area contributed by atoms with Crippen LogP contribution in [0.5, 0.6) is 0 Å². The van der Waals surface area contributed by atoms with Gasteiger partial charge in [-0.3, -0.25) is 9.48 Å². The summed E-state index contributed by atoms with van der Waals surface area (Å²) in [4.78, 5) is 10.5. The number of nitrogens with one attached hydrogen (secondary N) is 1. The lowest BCUT2D eigenvalue weighted by atomic mass is 10.4. The summed E-state index contributed by atoms with van der Waals surface area (Å²) in [6, 6.07) is 2.35. The van der Waals surface area contributed by atoms with Gasteiger partial charge in [-0.05, 0) is 19.9 Å². The van der Waals surface area contributed by atoms with Gasteiger partial charge in [0, 0.05) is 31.7 Å². The number of hydrogen-bond acceptors (Lipinski definition) is 3. The summed E-state index contributed by atoms with van der Waals surface area (Å²) in [5.74, 6) is -0.282. The summed E-state index contributed by atoms with van der Waals surface area (Å²) in [6.45, 7) is 5.44. The van der Waals surface area contributed by atoms with Crippen molar-refractivity contribution in [3.63, 3.8) is 0 Å². The zero-order valence-corrected chi connectivity index (χ0v) is 9.23. The lowest BCUT2D eigenvalue weighted by Crippen LogP contribution is -2.21. The highest BCUT2D eigenvalue weighted by Gasteiger charge is 2.01. The van der Waals surface area contributed by atoms with Crippen molar-refractivity contribution in [1.29, 1.82) is 0 Å². The summed E-state index contributed by atoms with van der Waals surface area (Å²) in [7, 11) is 0. The molecule has 0 radical (unpaired) electrons. The molecule has 0 unspecified atom stereocenters. The summed E-state index contributed by atoms with van der Waals surface area (Å²) >= 11 is 0. The molecule has 0 aromatic carbocycles. The van der Waals surface area contributed by atoms with E-state index in [0.717, 1.165) is 5.69 Å². The molecule has 0 saturated heterocycles. The second kappa shape index (κ2) is 5.50. The third kappa shape index (κ3) is 4.12. The van der Waals surface area contributed by atoms with Gasteiger partial charge in [0.05, 0.1) is 5.69 Å². The molecule has 1 aromatic heterocycles. The van der Waals surface area contributed by atoms with Gasteiger partial charge < -0.3 is 11.1 Å². The Hall–Kier alpha value is -1.36. The van der Waals surface area contributed by atoms with Gasteiger partial charge in [0.1, 0.15) is 0 Å². The maximum Gasteiger partial charge on any atom is 0.218 e. The highest BCUT2D eigenvalue weighted by molar-refractivity contribution is 5.73. The molecule has 0 fully saturated rings. The molecular formula is C10H18N4O. The monoisotopic (exact) mass is 210 g/mol. The van der Waals surface area contributed by atoms with Gasteiger partial charge in [0.2, 0.25) is 5.91 Å². The van der Waals surface area contributed by atoms with Crippen LogP contribution in [0.2, 0.25) is 0 Å². The Labute approximate surface area is 89.6 Å². The van der Waals surface area contributed by atoms with Crippen molar-refractivity contribution in [2.24, 2.45) is 5.73 Å². The van der Waals surface area contributed by atoms with E-state index in [1.54, 1.807) is 0 Å². The maximum absolute atomic E-state index is 10.5. The number of primary amides is 1. The molecular weight excluding hydrogens is 192 g/mol. The number of nitrogens with two attached hydrogens (primary N) is 1. The van der Waals surface area contributed by atoms with Crippen LogP contribution in [0.25, 0.3) is 0 Å². The van der Waals surface area contributed by atoms with Crippen molar-refractivity contribution >= 4 is 5.91 Å². The molecule has 5 nitrogen and oxygen atoms in total. The third-order valence-electron chi connectivity index (χ3n) is 2.05. The van der Waals surface area contributed by atoms with Gasteiger partial charge in [-0.2, -0.15) is 5.10 Å². The van der Waals surface area contributed by atoms with E-state index in [-0.39, 0.29) is 5.91 Å². The van der Waals surface area contributed by atoms with Crippen molar-refractivity contribution in [2.45, 2.75) is 32.9 Å². The summed E-state index contributed by atoms with van der Waals surface area (Å²) in [6.07, 6.45) is 2.32. The van der Waals surface area contributed by atoms with Crippen LogP contribution in [0.4, 0.5) is 0 Å². The Balaban J connectivity index is 2.28. The lowest BCUT2D eigenvalue weighted by molar-refractivity contribution is -0.117. The average molecular weight is 210 g/mol. The zero-order valence-electron chi connectivity index (χ0n) is 9.23. The SMILES string of the molecule is CC(C)n1ccc(CNCCC(N)=O)n1. The number of amides is 1. The maximum atomic E-state index is 10.5. The first-order valence-corrected chi connectivity index (χ1v) is 5.12. The van der Waals surface area contributed by atoms with Crippen molar-refractivity contribution in [2.75, 3.05) is 6.54 Å². The van der Waals surface area contributed by atoms with E-state index in [0.29, 0.717) is 25.6 Å². The highest BCUT2D eigenvalue weighted by Crippen LogP contribution is 2.03. The molecule has 0 aliphatic rings. The minimum atomic E-state index is -0.282. The lowest BCUT2D eigenvalue weighted by Gasteiger charge is -2.04. The largest absolute Gasteiger partial charge is 0.370 e. The van der Waals surface area contributed by atoms with Crippen molar-refractivity contribution in [3.05, 3.63) is 18.0 Å². The molecule has 15 heavy (non-hydrogen) atoms. The minimum absolute atomic E-state index is 0.282. The standard InChI is InChI=1S/C10H18N4O/c1-8(2)14-6-4-9(13-14)7-12-5-3-10(11)15/h4,6,8,12H,3,5,7H2,1-2H3,(H2,11,15). The van der Waals surface area contributed by atoms with E-state index >= 15 is 0 Å². The molecule has 0 spiro atoms. The number of carbonyl (C=O) groups excluding carboxylic acids is 1. The molecule has 84 valence electrons. The van der Waals surface area contributed by atoms with Crippen molar-refractivity contribution < 1.29 is 4.79 Å². The van der Waals surface area contributed by atoms with Gasteiger partial charge in [-0.25, -0.2) is 0 Å². The summed E-state index contributed by atoms with van der Waals surface area (Å²) in [5.41, 5.74) is 6.00. The van der Waals surface area contributed by atoms with Gasteiger partial charge >= 0.3 is 0 Å². The van der Waals surface area contributed by atoms with E-state index in [2.05, 4.69) is 24.3 Å². The van der Waals surface area contributed by atoms with E-state index in [9.17, 15) is 4.79 Å². The fourth-order valence-corrected chi connectivity index (χ4v) is 1.19. The van der Waals surface area contributed by atoms with Gasteiger partial charge in [0.15, 0.2) is 0 Å². The van der Waals surface area contributed by atoms with Crippen LogP contribution in [0.3, 0.4) is 0 Å². The van der Waals surface area contributed by atoms with E-state index in [1.807, 2.05) is 16.9 Å². The van der Waals surface area contributed by atoms with E-state index < -0.39 is 0 Å². The molecule has 5 heteroatoms. The zero-order chi connectivity index (χ0) is 11.3. The van der Waals surface area contributed by atoms with Crippen LogP contribution in [-0.4, -0.2) is 22.2 Å². The quantitative estimate of drug-likeness (QED) is 0.669. The first-order chi connectivity index (χ1) is 7.09. The topological polar surface area (TPSA) is 72.9 Å². The van der Waals surface area contributed by atoms with Gasteiger partial charge in [-0.15, -0.1) is 0 Å². The Morgan fingerprint density at radius 2 is 2.40 bits per heavy atom. The molecule has 3 N–H and O–H groups in total. The minimum Gasteiger partial charge on any atom is -0.370 e. The number of hydrogen-bond donors (Lipinski definition) is 2. The van der Waals surface area contributed by atoms with Gasteiger partial charge in [0.25, 0.3) is 0 Å². The fourth-order valence-electron chi connectivity index (χ4n) is 1.19. The second-order valence-corrected chi connectivity index (χ2v) is 3.77. The molecule has 0 bridgehead atoms. The first-order valence-electron chi connectivity index (χ1n) is 5.12. The smallest absolute Gasteiger partial charge is 0.218 e. The molecule has 1 amide bonds. The highest BCUT2D eigenvalue weighted by atomic mass is 16.1. The molecule has 1 heterocycles. The van der Waals surface area contributed by atoms with Crippen LogP contribution in [-0.2, 0) is 11.3 Å². The number of nitrogens with zero attached hydrogens (tertiary/aromatic N) is 2. The number of aromatic nitrogens is 2. The summed E-state index contributed by atoms with van der Waals surface area (Å²) < 4.78 is 1.91. The fraction of sp³-hybridized carbons (Fsp3) is 0.600. The van der Waals surface area contributed by atoms with Gasteiger partial charge in [-0.1, -0.05) is 0 Å². The first kappa shape index (κ1) is 11.7. The van der Waals surface area contributed by atoms with Crippen LogP contribution in [0.1, 0.15) is 32.0 Å². The third-order valence-corrected chi connectivity index (χ3v) is 2.05.